The summed E-state index contributed by atoms with van der Waals surface area (Å²) in [5.74, 6) is 1.21. The topological polar surface area (TPSA) is 92.9 Å². The number of rotatable bonds is 2. The molecule has 0 saturated carbocycles. The second-order valence-corrected chi connectivity index (χ2v) is 5.22. The van der Waals surface area contributed by atoms with E-state index in [0.29, 0.717) is 22.9 Å². The molecule has 0 aliphatic rings. The van der Waals surface area contributed by atoms with Crippen LogP contribution in [0, 0.1) is 11.3 Å². The molecule has 24 heavy (non-hydrogen) atoms. The van der Waals surface area contributed by atoms with Gasteiger partial charge in [-0.1, -0.05) is 60.7 Å². The van der Waals surface area contributed by atoms with Crippen LogP contribution in [0.3, 0.4) is 0 Å². The molecule has 0 spiro atoms. The Morgan fingerprint density at radius 1 is 0.875 bits per heavy atom. The number of nitriles is 1. The molecular formula is C18H12N6. The van der Waals surface area contributed by atoms with Crippen molar-refractivity contribution >= 4 is 11.6 Å². The van der Waals surface area contributed by atoms with Gasteiger partial charge in [0.1, 0.15) is 17.5 Å². The van der Waals surface area contributed by atoms with E-state index in [1.54, 1.807) is 4.40 Å². The number of nitrogens with zero attached hydrogens (tertiary/aromatic N) is 5. The van der Waals surface area contributed by atoms with Gasteiger partial charge in [0.25, 0.3) is 5.78 Å². The third-order valence-corrected chi connectivity index (χ3v) is 3.78. The van der Waals surface area contributed by atoms with Crippen molar-refractivity contribution in [3.05, 3.63) is 66.2 Å². The molecule has 6 heteroatoms. The third-order valence-electron chi connectivity index (χ3n) is 3.78. The maximum absolute atomic E-state index is 9.59. The molecule has 0 aliphatic heterocycles. The van der Waals surface area contributed by atoms with Gasteiger partial charge in [0, 0.05) is 11.1 Å². The van der Waals surface area contributed by atoms with Crippen LogP contribution in [0.5, 0.6) is 0 Å². The minimum atomic E-state index is 0.283. The first kappa shape index (κ1) is 13.9. The molecule has 0 unspecified atom stereocenters. The van der Waals surface area contributed by atoms with Crippen LogP contribution in [-0.2, 0) is 0 Å². The highest BCUT2D eigenvalue weighted by Gasteiger charge is 2.19. The van der Waals surface area contributed by atoms with Crippen LogP contribution in [-0.4, -0.2) is 19.6 Å². The summed E-state index contributed by atoms with van der Waals surface area (Å²) in [4.78, 5) is 4.51. The zero-order valence-corrected chi connectivity index (χ0v) is 12.6. The fourth-order valence-electron chi connectivity index (χ4n) is 2.65. The van der Waals surface area contributed by atoms with Gasteiger partial charge in [0.05, 0.1) is 5.69 Å². The Bertz CT molecular complexity index is 1060. The Morgan fingerprint density at radius 3 is 2.12 bits per heavy atom. The van der Waals surface area contributed by atoms with Crippen LogP contribution in [0.1, 0.15) is 5.56 Å². The highest BCUT2D eigenvalue weighted by Crippen LogP contribution is 2.29. The standard InChI is InChI=1S/C18H12N6/c19-11-14-15(12-7-3-1-4-8-12)21-18-23-22-17(24(18)16(14)20)13-9-5-2-6-10-13/h1-10H,20H2. The van der Waals surface area contributed by atoms with E-state index in [2.05, 4.69) is 21.3 Å². The maximum Gasteiger partial charge on any atom is 0.257 e. The smallest absolute Gasteiger partial charge is 0.257 e. The molecule has 0 saturated heterocycles. The lowest BCUT2D eigenvalue weighted by Gasteiger charge is -2.09. The quantitative estimate of drug-likeness (QED) is 0.614. The number of benzene rings is 2. The molecule has 6 nitrogen and oxygen atoms in total. The van der Waals surface area contributed by atoms with E-state index in [1.165, 1.54) is 0 Å². The zero-order chi connectivity index (χ0) is 16.5. The van der Waals surface area contributed by atoms with E-state index in [-0.39, 0.29) is 5.82 Å². The second-order valence-electron chi connectivity index (χ2n) is 5.22. The fourth-order valence-corrected chi connectivity index (χ4v) is 2.65. The third kappa shape index (κ3) is 2.08. The predicted molar refractivity (Wildman–Crippen MR) is 90.8 cm³/mol. The molecule has 2 aromatic carbocycles. The maximum atomic E-state index is 9.59. The van der Waals surface area contributed by atoms with Crippen LogP contribution < -0.4 is 5.73 Å². The SMILES string of the molecule is N#Cc1c(-c2ccccc2)nc2nnc(-c3ccccc3)n2c1N. The van der Waals surface area contributed by atoms with E-state index in [4.69, 9.17) is 5.73 Å². The molecule has 0 atom stereocenters. The normalized spacial score (nSPS) is 10.6. The summed E-state index contributed by atoms with van der Waals surface area (Å²) in [6.07, 6.45) is 0. The molecule has 4 aromatic rings. The van der Waals surface area contributed by atoms with Crippen molar-refractivity contribution in [3.63, 3.8) is 0 Å². The van der Waals surface area contributed by atoms with Crippen molar-refractivity contribution in [1.29, 1.82) is 5.26 Å². The van der Waals surface area contributed by atoms with Crippen LogP contribution >= 0.6 is 0 Å². The first-order valence-corrected chi connectivity index (χ1v) is 7.35. The molecule has 0 radical (unpaired) electrons. The van der Waals surface area contributed by atoms with Crippen molar-refractivity contribution in [2.24, 2.45) is 0 Å². The molecule has 0 bridgehead atoms. The van der Waals surface area contributed by atoms with E-state index in [1.807, 2.05) is 60.7 Å². The minimum absolute atomic E-state index is 0.283. The van der Waals surface area contributed by atoms with Crippen molar-refractivity contribution in [1.82, 2.24) is 19.6 Å². The summed E-state index contributed by atoms with van der Waals surface area (Å²) in [6.45, 7) is 0. The molecule has 0 aliphatic carbocycles. The van der Waals surface area contributed by atoms with Gasteiger partial charge >= 0.3 is 0 Å². The number of hydrogen-bond acceptors (Lipinski definition) is 5. The molecule has 2 heterocycles. The summed E-state index contributed by atoms with van der Waals surface area (Å²) < 4.78 is 1.61. The van der Waals surface area contributed by atoms with Gasteiger partial charge in [-0.05, 0) is 0 Å². The number of nitrogen functional groups attached to an aromatic ring is 1. The molecule has 0 fully saturated rings. The highest BCUT2D eigenvalue weighted by atomic mass is 15.3. The number of nitrogens with two attached hydrogens (primary N) is 1. The summed E-state index contributed by atoms with van der Waals surface area (Å²) >= 11 is 0. The first-order chi connectivity index (χ1) is 11.8. The minimum Gasteiger partial charge on any atom is -0.384 e. The van der Waals surface area contributed by atoms with Gasteiger partial charge in [-0.15, -0.1) is 10.2 Å². The summed E-state index contributed by atoms with van der Waals surface area (Å²) in [6, 6.07) is 21.2. The average molecular weight is 312 g/mol. The van der Waals surface area contributed by atoms with Gasteiger partial charge in [-0.3, -0.25) is 0 Å². The van der Waals surface area contributed by atoms with Crippen LogP contribution in [0.25, 0.3) is 28.4 Å². The van der Waals surface area contributed by atoms with E-state index >= 15 is 0 Å². The summed E-state index contributed by atoms with van der Waals surface area (Å²) in [5, 5.41) is 17.9. The van der Waals surface area contributed by atoms with E-state index in [0.717, 1.165) is 11.1 Å². The van der Waals surface area contributed by atoms with Gasteiger partial charge in [0.2, 0.25) is 0 Å². The number of aromatic nitrogens is 4. The lowest BCUT2D eigenvalue weighted by molar-refractivity contribution is 1.10. The first-order valence-electron chi connectivity index (χ1n) is 7.35. The fraction of sp³-hybridized carbons (Fsp3) is 0. The van der Waals surface area contributed by atoms with Gasteiger partial charge < -0.3 is 5.73 Å². The van der Waals surface area contributed by atoms with E-state index in [9.17, 15) is 5.26 Å². The number of hydrogen-bond donors (Lipinski definition) is 1. The van der Waals surface area contributed by atoms with Gasteiger partial charge in [-0.2, -0.15) is 5.26 Å². The second kappa shape index (κ2) is 5.48. The lowest BCUT2D eigenvalue weighted by Crippen LogP contribution is -2.06. The Labute approximate surface area is 137 Å². The molecule has 4 rings (SSSR count). The van der Waals surface area contributed by atoms with Crippen LogP contribution in [0.4, 0.5) is 5.82 Å². The van der Waals surface area contributed by atoms with Crippen LogP contribution in [0.15, 0.2) is 60.7 Å². The monoisotopic (exact) mass is 312 g/mol. The predicted octanol–water partition coefficient (Wildman–Crippen LogP) is 2.91. The highest BCUT2D eigenvalue weighted by molar-refractivity contribution is 5.76. The molecule has 0 amide bonds. The largest absolute Gasteiger partial charge is 0.384 e. The lowest BCUT2D eigenvalue weighted by atomic mass is 10.1. The summed E-state index contributed by atoms with van der Waals surface area (Å²) in [7, 11) is 0. The molecular weight excluding hydrogens is 300 g/mol. The Kier molecular flexibility index (Phi) is 3.18. The Hall–Kier alpha value is -3.72. The Morgan fingerprint density at radius 2 is 1.50 bits per heavy atom. The van der Waals surface area contributed by atoms with E-state index < -0.39 is 0 Å². The van der Waals surface area contributed by atoms with Gasteiger partial charge in [-0.25, -0.2) is 9.38 Å². The zero-order valence-electron chi connectivity index (χ0n) is 12.6. The van der Waals surface area contributed by atoms with Crippen molar-refractivity contribution < 1.29 is 0 Å². The average Bonchev–Trinajstić information content (AvgIpc) is 3.07. The van der Waals surface area contributed by atoms with Crippen molar-refractivity contribution in [2.45, 2.75) is 0 Å². The summed E-state index contributed by atoms with van der Waals surface area (Å²) in [5.41, 5.74) is 8.76. The molecule has 2 aromatic heterocycles. The van der Waals surface area contributed by atoms with Crippen molar-refractivity contribution in [2.75, 3.05) is 5.73 Å². The number of anilines is 1. The van der Waals surface area contributed by atoms with Crippen LogP contribution in [0.2, 0.25) is 0 Å². The molecule has 114 valence electrons. The Balaban J connectivity index is 2.03. The molecule has 2 N–H and O–H groups in total. The number of fused-ring (bicyclic) bond motifs is 1. The van der Waals surface area contributed by atoms with Crippen molar-refractivity contribution in [3.8, 4) is 28.7 Å². The van der Waals surface area contributed by atoms with Gasteiger partial charge in [0.15, 0.2) is 5.82 Å².